The van der Waals surface area contributed by atoms with E-state index in [0.717, 1.165) is 22.5 Å². The van der Waals surface area contributed by atoms with Gasteiger partial charge in [0.1, 0.15) is 11.2 Å². The maximum absolute atomic E-state index is 13.5. The number of para-hydroxylation sites is 1. The molecule has 2 N–H and O–H groups in total. The van der Waals surface area contributed by atoms with Crippen LogP contribution in [0.2, 0.25) is 5.15 Å². The Morgan fingerprint density at radius 1 is 1.06 bits per heavy atom. The van der Waals surface area contributed by atoms with Crippen molar-refractivity contribution in [3.63, 3.8) is 0 Å². The fourth-order valence-electron chi connectivity index (χ4n) is 3.95. The molecule has 0 bridgehead atoms. The van der Waals surface area contributed by atoms with Gasteiger partial charge in [0.15, 0.2) is 11.5 Å². The van der Waals surface area contributed by atoms with Crippen molar-refractivity contribution in [3.8, 4) is 0 Å². The van der Waals surface area contributed by atoms with Gasteiger partial charge in [-0.15, -0.1) is 0 Å². The van der Waals surface area contributed by atoms with Crippen LogP contribution in [0.15, 0.2) is 77.4 Å². The van der Waals surface area contributed by atoms with E-state index in [1.165, 1.54) is 6.26 Å². The van der Waals surface area contributed by atoms with Crippen molar-refractivity contribution in [1.29, 1.82) is 0 Å². The highest BCUT2D eigenvalue weighted by Crippen LogP contribution is 2.33. The van der Waals surface area contributed by atoms with Gasteiger partial charge in [0.05, 0.1) is 12.8 Å². The van der Waals surface area contributed by atoms with Gasteiger partial charge < -0.3 is 19.6 Å². The predicted molar refractivity (Wildman–Crippen MR) is 124 cm³/mol. The molecular weight excluding hydrogens is 426 g/mol. The zero-order valence-electron chi connectivity index (χ0n) is 17.3. The summed E-state index contributed by atoms with van der Waals surface area (Å²) in [5.74, 6) is -0.150. The first-order valence-corrected chi connectivity index (χ1v) is 10.6. The van der Waals surface area contributed by atoms with Crippen LogP contribution in [0, 0.1) is 6.92 Å². The summed E-state index contributed by atoms with van der Waals surface area (Å²) >= 11 is 6.41. The van der Waals surface area contributed by atoms with E-state index in [1.54, 1.807) is 37.3 Å². The summed E-state index contributed by atoms with van der Waals surface area (Å²) in [6, 6.07) is 19.6. The number of hydrogen-bond acceptors (Lipinski definition) is 4. The van der Waals surface area contributed by atoms with Crippen molar-refractivity contribution in [3.05, 3.63) is 106 Å². The monoisotopic (exact) mass is 445 g/mol. The quantitative estimate of drug-likeness (QED) is 0.395. The van der Waals surface area contributed by atoms with Crippen LogP contribution in [0.5, 0.6) is 0 Å². The number of aromatic nitrogens is 1. The number of amides is 1. The largest absolute Gasteiger partial charge is 0.459 e. The average Bonchev–Trinajstić information content (AvgIpc) is 3.34. The number of anilines is 2. The number of hydrogen-bond donors (Lipinski definition) is 2. The Bertz CT molecular complexity index is 1320. The third kappa shape index (κ3) is 3.59. The summed E-state index contributed by atoms with van der Waals surface area (Å²) in [6.07, 6.45) is 1.48. The molecule has 160 valence electrons. The Morgan fingerprint density at radius 2 is 1.84 bits per heavy atom. The molecule has 6 nitrogen and oxygen atoms in total. The minimum Gasteiger partial charge on any atom is -0.459 e. The number of fused-ring (bicyclic) bond motifs is 2. The van der Waals surface area contributed by atoms with Crippen LogP contribution in [0.3, 0.4) is 0 Å². The molecule has 0 saturated carbocycles. The summed E-state index contributed by atoms with van der Waals surface area (Å²) in [4.78, 5) is 25.8. The maximum Gasteiger partial charge on any atom is 0.291 e. The van der Waals surface area contributed by atoms with E-state index in [0.29, 0.717) is 22.9 Å². The molecular formula is C25H20ClN3O3. The lowest BCUT2D eigenvalue weighted by Crippen LogP contribution is -2.22. The van der Waals surface area contributed by atoms with Gasteiger partial charge in [-0.2, -0.15) is 0 Å². The van der Waals surface area contributed by atoms with Gasteiger partial charge in [0.25, 0.3) is 5.91 Å². The molecule has 1 atom stereocenters. The SMILES string of the molecule is Cc1ccoc1C(=O)Nc1ccc(C(=O)C2Nc3ccccc3Cn3c(Cl)ccc32)cc1. The molecule has 2 aromatic carbocycles. The Morgan fingerprint density at radius 3 is 2.59 bits per heavy atom. The number of carbonyl (C=O) groups excluding carboxylic acids is 2. The van der Waals surface area contributed by atoms with Crippen molar-refractivity contribution < 1.29 is 14.0 Å². The van der Waals surface area contributed by atoms with Crippen LogP contribution >= 0.6 is 11.6 Å². The van der Waals surface area contributed by atoms with Gasteiger partial charge in [-0.25, -0.2) is 0 Å². The number of ketones is 1. The molecule has 4 aromatic rings. The molecule has 0 spiro atoms. The highest BCUT2D eigenvalue weighted by Gasteiger charge is 2.29. The summed E-state index contributed by atoms with van der Waals surface area (Å²) in [7, 11) is 0. The molecule has 3 heterocycles. The van der Waals surface area contributed by atoms with Crippen molar-refractivity contribution in [2.75, 3.05) is 10.6 Å². The lowest BCUT2D eigenvalue weighted by molar-refractivity contribution is 0.0966. The van der Waals surface area contributed by atoms with E-state index < -0.39 is 6.04 Å². The lowest BCUT2D eigenvalue weighted by atomic mass is 10.0. The van der Waals surface area contributed by atoms with Crippen LogP contribution in [-0.2, 0) is 6.54 Å². The van der Waals surface area contributed by atoms with E-state index >= 15 is 0 Å². The molecule has 1 amide bonds. The third-order valence-electron chi connectivity index (χ3n) is 5.66. The van der Waals surface area contributed by atoms with Crippen LogP contribution < -0.4 is 10.6 Å². The second-order valence-corrected chi connectivity index (χ2v) is 8.12. The second-order valence-electron chi connectivity index (χ2n) is 7.73. The number of aryl methyl sites for hydroxylation is 1. The lowest BCUT2D eigenvalue weighted by Gasteiger charge is -2.18. The second kappa shape index (κ2) is 8.05. The van der Waals surface area contributed by atoms with Gasteiger partial charge >= 0.3 is 0 Å². The minimum atomic E-state index is -0.586. The van der Waals surface area contributed by atoms with Crippen molar-refractivity contribution in [1.82, 2.24) is 4.57 Å². The zero-order chi connectivity index (χ0) is 22.2. The molecule has 0 saturated heterocycles. The molecule has 32 heavy (non-hydrogen) atoms. The van der Waals surface area contributed by atoms with Gasteiger partial charge in [0.2, 0.25) is 0 Å². The highest BCUT2D eigenvalue weighted by molar-refractivity contribution is 6.29. The third-order valence-corrected chi connectivity index (χ3v) is 5.99. The topological polar surface area (TPSA) is 76.3 Å². The maximum atomic E-state index is 13.5. The van der Waals surface area contributed by atoms with E-state index in [9.17, 15) is 9.59 Å². The van der Waals surface area contributed by atoms with Gasteiger partial charge in [0, 0.05) is 28.2 Å². The van der Waals surface area contributed by atoms with E-state index in [4.69, 9.17) is 16.0 Å². The Kier molecular flexibility index (Phi) is 5.07. The molecule has 2 aromatic heterocycles. The summed E-state index contributed by atoms with van der Waals surface area (Å²) < 4.78 is 7.18. The number of furan rings is 1. The first kappa shape index (κ1) is 20.2. The summed E-state index contributed by atoms with van der Waals surface area (Å²) in [5.41, 5.74) is 4.64. The molecule has 5 rings (SSSR count). The number of Topliss-reactive ketones (excluding diaryl/α,β-unsaturated/α-hetero) is 1. The number of nitrogens with zero attached hydrogens (tertiary/aromatic N) is 1. The first-order valence-electron chi connectivity index (χ1n) is 10.2. The molecule has 1 aliphatic heterocycles. The smallest absolute Gasteiger partial charge is 0.291 e. The van der Waals surface area contributed by atoms with Gasteiger partial charge in [-0.1, -0.05) is 29.8 Å². The molecule has 0 radical (unpaired) electrons. The van der Waals surface area contributed by atoms with Crippen LogP contribution in [0.1, 0.15) is 43.8 Å². The zero-order valence-corrected chi connectivity index (χ0v) is 18.0. The van der Waals surface area contributed by atoms with Crippen molar-refractivity contribution >= 4 is 34.7 Å². The van der Waals surface area contributed by atoms with Crippen molar-refractivity contribution in [2.45, 2.75) is 19.5 Å². The normalized spacial score (nSPS) is 14.6. The van der Waals surface area contributed by atoms with Crippen molar-refractivity contribution in [2.24, 2.45) is 0 Å². The van der Waals surface area contributed by atoms with Crippen LogP contribution in [0.25, 0.3) is 0 Å². The molecule has 0 aliphatic carbocycles. The number of halogens is 1. The number of nitrogens with one attached hydrogen (secondary N) is 2. The fraction of sp³-hybridized carbons (Fsp3) is 0.120. The molecule has 7 heteroatoms. The van der Waals surface area contributed by atoms with Gasteiger partial charge in [-0.05, 0) is 61.0 Å². The van der Waals surface area contributed by atoms with Crippen LogP contribution in [0.4, 0.5) is 11.4 Å². The Hall–Kier alpha value is -3.77. The van der Waals surface area contributed by atoms with Crippen LogP contribution in [-0.4, -0.2) is 16.3 Å². The average molecular weight is 446 g/mol. The summed E-state index contributed by atoms with van der Waals surface area (Å²) in [5, 5.41) is 6.77. The molecule has 1 aliphatic rings. The standard InChI is InChI=1S/C25H20ClN3O3/c1-15-12-13-32-24(15)25(31)27-18-8-6-16(7-9-18)23(30)22-20-10-11-21(26)29(20)14-17-4-2-3-5-19(17)28-22/h2-13,22,28H,14H2,1H3,(H,27,31). The number of carbonyl (C=O) groups is 2. The predicted octanol–water partition coefficient (Wildman–Crippen LogP) is 5.69. The van der Waals surface area contributed by atoms with E-state index in [1.807, 2.05) is 41.0 Å². The van der Waals surface area contributed by atoms with E-state index in [-0.39, 0.29) is 17.5 Å². The fourth-order valence-corrected chi connectivity index (χ4v) is 4.17. The van der Waals surface area contributed by atoms with E-state index in [2.05, 4.69) is 10.6 Å². The Balaban J connectivity index is 1.41. The molecule has 1 unspecified atom stereocenters. The summed E-state index contributed by atoms with van der Waals surface area (Å²) in [6.45, 7) is 2.39. The Labute approximate surface area is 189 Å². The highest BCUT2D eigenvalue weighted by atomic mass is 35.5. The molecule has 0 fully saturated rings. The number of benzene rings is 2. The minimum absolute atomic E-state index is 0.0857. The number of rotatable bonds is 4. The van der Waals surface area contributed by atoms with Gasteiger partial charge in [-0.3, -0.25) is 9.59 Å². The first-order chi connectivity index (χ1) is 15.5.